The third-order valence-electron chi connectivity index (χ3n) is 6.84. The molecule has 1 atom stereocenters. The van der Waals surface area contributed by atoms with E-state index in [1.54, 1.807) is 26.0 Å². The molecule has 0 bridgehead atoms. The molecule has 2 aliphatic heterocycles. The van der Waals surface area contributed by atoms with Crippen molar-refractivity contribution in [2.45, 2.75) is 83.5 Å². The first-order valence-corrected chi connectivity index (χ1v) is 13.4. The van der Waals surface area contributed by atoms with Crippen LogP contribution in [-0.2, 0) is 44.7 Å². The number of carbonyl (C=O) groups excluding carboxylic acids is 2. The van der Waals surface area contributed by atoms with Crippen LogP contribution in [0, 0.1) is 0 Å². The van der Waals surface area contributed by atoms with E-state index >= 15 is 0 Å². The fourth-order valence-electron chi connectivity index (χ4n) is 5.01. The number of ether oxygens (including phenoxy) is 1. The van der Waals surface area contributed by atoms with Crippen molar-refractivity contribution in [2.75, 3.05) is 7.05 Å². The van der Waals surface area contributed by atoms with Crippen molar-refractivity contribution in [2.24, 2.45) is 4.36 Å². The third kappa shape index (κ3) is 4.32. The Morgan fingerprint density at radius 2 is 1.86 bits per heavy atom. The second-order valence-electron chi connectivity index (χ2n) is 10.5. The molecule has 7 nitrogen and oxygen atoms in total. The van der Waals surface area contributed by atoms with Crippen LogP contribution < -0.4 is 0 Å². The zero-order valence-electron chi connectivity index (χ0n) is 21.5. The fraction of sp³-hybridized carbons (Fsp3) is 0.481. The van der Waals surface area contributed by atoms with Crippen molar-refractivity contribution < 1.29 is 23.6 Å². The van der Waals surface area contributed by atoms with Crippen LogP contribution in [0.1, 0.15) is 97.1 Å². The van der Waals surface area contributed by atoms with Gasteiger partial charge in [-0.25, -0.2) is 8.51 Å². The van der Waals surface area contributed by atoms with Gasteiger partial charge in [0, 0.05) is 7.05 Å². The summed E-state index contributed by atoms with van der Waals surface area (Å²) in [6.07, 6.45) is -0.00611. The molecule has 4 rings (SSSR count). The Hall–Kier alpha value is -2.55. The van der Waals surface area contributed by atoms with Gasteiger partial charge >= 0.3 is 0 Å². The van der Waals surface area contributed by atoms with E-state index in [9.17, 15) is 18.9 Å². The number of benzene rings is 2. The van der Waals surface area contributed by atoms with Gasteiger partial charge in [-0.15, -0.1) is 4.36 Å². The normalized spacial score (nSPS) is 19.5. The van der Waals surface area contributed by atoms with Crippen molar-refractivity contribution in [3.05, 3.63) is 63.2 Å². The molecule has 8 heteroatoms. The number of nitrogens with zero attached hydrogens (tertiary/aromatic N) is 2. The van der Waals surface area contributed by atoms with E-state index in [0.29, 0.717) is 18.8 Å². The zero-order valence-corrected chi connectivity index (χ0v) is 22.3. The maximum Gasteiger partial charge on any atom is 0.267 e. The predicted octanol–water partition coefficient (Wildman–Crippen LogP) is 4.79. The van der Waals surface area contributed by atoms with Gasteiger partial charge in [0.25, 0.3) is 11.8 Å². The molecule has 1 unspecified atom stereocenters. The Morgan fingerprint density at radius 1 is 1.17 bits per heavy atom. The average Bonchev–Trinajstić information content (AvgIpc) is 3.29. The monoisotopic (exact) mass is 498 g/mol. The summed E-state index contributed by atoms with van der Waals surface area (Å²) < 4.78 is 25.0. The van der Waals surface area contributed by atoms with Gasteiger partial charge in [-0.2, -0.15) is 0 Å². The number of amides is 2. The molecule has 0 aliphatic carbocycles. The van der Waals surface area contributed by atoms with Crippen LogP contribution >= 0.6 is 0 Å². The first-order chi connectivity index (χ1) is 16.3. The number of rotatable bonds is 5. The molecule has 0 saturated heterocycles. The van der Waals surface area contributed by atoms with E-state index < -0.39 is 27.3 Å². The quantitative estimate of drug-likeness (QED) is 0.640. The molecule has 0 spiro atoms. The molecular formula is C27H34N2O5S. The molecule has 2 heterocycles. The summed E-state index contributed by atoms with van der Waals surface area (Å²) in [5.74, 6) is -0.644. The van der Waals surface area contributed by atoms with Crippen LogP contribution in [0.25, 0.3) is 0 Å². The average molecular weight is 499 g/mol. The molecule has 2 aromatic rings. The van der Waals surface area contributed by atoms with E-state index in [4.69, 9.17) is 4.74 Å². The van der Waals surface area contributed by atoms with Crippen molar-refractivity contribution >= 4 is 21.7 Å². The van der Waals surface area contributed by atoms with Gasteiger partial charge in [-0.05, 0) is 71.2 Å². The number of carbonyl (C=O) groups is 2. The lowest BCUT2D eigenvalue weighted by atomic mass is 9.82. The number of hydrogen-bond acceptors (Lipinski definition) is 5. The maximum atomic E-state index is 14.1. The lowest BCUT2D eigenvalue weighted by Gasteiger charge is -2.22. The molecule has 0 fully saturated rings. The van der Waals surface area contributed by atoms with Crippen molar-refractivity contribution in [1.82, 2.24) is 4.31 Å². The van der Waals surface area contributed by atoms with E-state index in [2.05, 4.69) is 38.1 Å². The van der Waals surface area contributed by atoms with Crippen LogP contribution in [-0.4, -0.2) is 32.5 Å². The summed E-state index contributed by atoms with van der Waals surface area (Å²) >= 11 is 0. The smallest absolute Gasteiger partial charge is 0.267 e. The molecule has 188 valence electrons. The second-order valence-corrected chi connectivity index (χ2v) is 12.7. The maximum absolute atomic E-state index is 14.1. The number of fused-ring (bicyclic) bond motifs is 2. The van der Waals surface area contributed by atoms with Crippen molar-refractivity contribution in [3.63, 3.8) is 0 Å². The highest BCUT2D eigenvalue weighted by Gasteiger charge is 2.39. The van der Waals surface area contributed by atoms with Gasteiger partial charge < -0.3 is 9.84 Å². The summed E-state index contributed by atoms with van der Waals surface area (Å²) in [6, 6.07) is 6.83. The minimum Gasteiger partial charge on any atom is -0.386 e. The number of hydrogen-bond donors (Lipinski definition) is 1. The molecule has 2 amide bonds. The van der Waals surface area contributed by atoms with Crippen molar-refractivity contribution in [1.29, 1.82) is 0 Å². The van der Waals surface area contributed by atoms with Gasteiger partial charge in [-0.1, -0.05) is 39.8 Å². The largest absolute Gasteiger partial charge is 0.386 e. The number of aliphatic hydroxyl groups is 1. The highest BCUT2D eigenvalue weighted by Crippen LogP contribution is 2.38. The van der Waals surface area contributed by atoms with E-state index in [1.807, 2.05) is 0 Å². The fourth-order valence-corrected chi connectivity index (χ4v) is 6.91. The molecule has 1 N–H and O–H groups in total. The first-order valence-electron chi connectivity index (χ1n) is 12.0. The van der Waals surface area contributed by atoms with Gasteiger partial charge in [-0.3, -0.25) is 9.59 Å². The van der Waals surface area contributed by atoms with Crippen LogP contribution in [0.2, 0.25) is 0 Å². The molecule has 2 aliphatic rings. The summed E-state index contributed by atoms with van der Waals surface area (Å²) in [5.41, 5.74) is 4.90. The van der Waals surface area contributed by atoms with Crippen LogP contribution in [0.4, 0.5) is 0 Å². The van der Waals surface area contributed by atoms with Gasteiger partial charge in [0.15, 0.2) is 9.92 Å². The van der Waals surface area contributed by atoms with Gasteiger partial charge in [0.05, 0.1) is 35.7 Å². The minimum absolute atomic E-state index is 0.00611. The predicted molar refractivity (Wildman–Crippen MR) is 134 cm³/mol. The van der Waals surface area contributed by atoms with Crippen LogP contribution in [0.3, 0.4) is 0 Å². The van der Waals surface area contributed by atoms with Crippen LogP contribution in [0.15, 0.2) is 33.5 Å². The highest BCUT2D eigenvalue weighted by atomic mass is 32.2. The van der Waals surface area contributed by atoms with Gasteiger partial charge in [0.1, 0.15) is 0 Å². The van der Waals surface area contributed by atoms with Gasteiger partial charge in [0.2, 0.25) is 0 Å². The second kappa shape index (κ2) is 8.84. The SMILES string of the molecule is CC(C)c1cc2c(c(C(C)C)c1CC(=O)N=S1(=O)c3cc(C(C)(C)O)ccc3C(=O)N1C)COC2. The zero-order chi connectivity index (χ0) is 25.9. The lowest BCUT2D eigenvalue weighted by molar-refractivity contribution is -0.117. The summed E-state index contributed by atoms with van der Waals surface area (Å²) in [7, 11) is -2.10. The Balaban J connectivity index is 1.83. The summed E-state index contributed by atoms with van der Waals surface area (Å²) in [5, 5.41) is 10.4. The molecular weight excluding hydrogens is 464 g/mol. The third-order valence-corrected chi connectivity index (χ3v) is 9.11. The topological polar surface area (TPSA) is 96.3 Å². The van der Waals surface area contributed by atoms with E-state index in [-0.39, 0.29) is 28.7 Å². The molecule has 0 radical (unpaired) electrons. The Labute approximate surface area is 207 Å². The van der Waals surface area contributed by atoms with E-state index in [1.165, 1.54) is 13.1 Å². The molecule has 0 aromatic heterocycles. The Morgan fingerprint density at radius 3 is 2.46 bits per heavy atom. The lowest BCUT2D eigenvalue weighted by Crippen LogP contribution is -2.26. The summed E-state index contributed by atoms with van der Waals surface area (Å²) in [4.78, 5) is 26.4. The first kappa shape index (κ1) is 25.5. The Kier molecular flexibility index (Phi) is 6.45. The molecule has 2 aromatic carbocycles. The van der Waals surface area contributed by atoms with Crippen LogP contribution in [0.5, 0.6) is 0 Å². The highest BCUT2D eigenvalue weighted by molar-refractivity contribution is 7.92. The molecule has 0 saturated carbocycles. The standard InChI is InChI=1S/C27H34N2O5S/c1-15(2)20-10-17-13-34-14-22(17)25(16(3)4)21(20)12-24(30)28-35(33)23-11-18(27(5,6)32)8-9-19(23)26(31)29(35)7/h8-11,15-16,32H,12-14H2,1-7H3. The molecule has 35 heavy (non-hydrogen) atoms. The Bertz CT molecular complexity index is 1340. The summed E-state index contributed by atoms with van der Waals surface area (Å²) in [6.45, 7) is 12.7. The van der Waals surface area contributed by atoms with Crippen molar-refractivity contribution in [3.8, 4) is 0 Å². The van der Waals surface area contributed by atoms with E-state index in [0.717, 1.165) is 32.1 Å². The minimum atomic E-state index is -3.50.